The molecular formula is C13H18N4O5S. The molecule has 1 amide bonds. The van der Waals surface area contributed by atoms with Gasteiger partial charge in [0.25, 0.3) is 0 Å². The van der Waals surface area contributed by atoms with Gasteiger partial charge in [0.2, 0.25) is 0 Å². The number of carboxylic acid groups (broad SMARTS) is 1. The molecule has 0 radical (unpaired) electrons. The Morgan fingerprint density at radius 1 is 1.57 bits per heavy atom. The Bertz CT molecular complexity index is 553. The summed E-state index contributed by atoms with van der Waals surface area (Å²) in [5.41, 5.74) is 0.328. The first-order valence-corrected chi connectivity index (χ1v) is 8.13. The van der Waals surface area contributed by atoms with Crippen LogP contribution >= 0.6 is 11.8 Å². The van der Waals surface area contributed by atoms with E-state index in [1.165, 1.54) is 22.9 Å². The minimum Gasteiger partial charge on any atom is -0.465 e. The third kappa shape index (κ3) is 4.78. The van der Waals surface area contributed by atoms with Crippen LogP contribution in [0, 0.1) is 0 Å². The maximum atomic E-state index is 11.4. The van der Waals surface area contributed by atoms with Crippen LogP contribution in [-0.4, -0.2) is 77.7 Å². The quantitative estimate of drug-likeness (QED) is 0.421. The monoisotopic (exact) mass is 342 g/mol. The zero-order valence-electron chi connectivity index (χ0n) is 12.6. The van der Waals surface area contributed by atoms with Crippen LogP contribution in [0.4, 0.5) is 10.6 Å². The molecule has 1 aliphatic rings. The summed E-state index contributed by atoms with van der Waals surface area (Å²) in [6.07, 6.45) is 2.87. The van der Waals surface area contributed by atoms with Crippen molar-refractivity contribution in [3.63, 3.8) is 0 Å². The number of carbonyl (C=O) groups excluding carboxylic acids is 1. The van der Waals surface area contributed by atoms with E-state index < -0.39 is 6.09 Å². The average molecular weight is 342 g/mol. The molecule has 0 saturated carbocycles. The van der Waals surface area contributed by atoms with Crippen molar-refractivity contribution in [2.45, 2.75) is 11.2 Å². The zero-order chi connectivity index (χ0) is 16.7. The molecule has 1 aromatic rings. The first-order chi connectivity index (χ1) is 11.2. The number of thioether (sulfide) groups is 1. The van der Waals surface area contributed by atoms with Crippen LogP contribution in [0.25, 0.3) is 0 Å². The molecule has 0 bridgehead atoms. The minimum absolute atomic E-state index is 0.184. The Morgan fingerprint density at radius 3 is 2.91 bits per heavy atom. The van der Waals surface area contributed by atoms with E-state index in [2.05, 4.69) is 15.3 Å². The molecule has 1 fully saturated rings. The Morgan fingerprint density at radius 2 is 2.30 bits per heavy atom. The molecule has 126 valence electrons. The van der Waals surface area contributed by atoms with Crippen LogP contribution in [0.2, 0.25) is 0 Å². The van der Waals surface area contributed by atoms with E-state index >= 15 is 0 Å². The Hall–Kier alpha value is -1.91. The standard InChI is InChI=1S/C13H18N4O5S/c1-23-12-15-4-9(5-18)11(16-12)14-2-3-17(13(19)20)10-6-21-8-22-7-10/h4-5,10H,2-3,6-8H2,1H3,(H,19,20)(H,14,15,16). The zero-order valence-corrected chi connectivity index (χ0v) is 13.4. The van der Waals surface area contributed by atoms with Gasteiger partial charge in [-0.05, 0) is 6.26 Å². The number of hydrogen-bond donors (Lipinski definition) is 2. The second-order valence-corrected chi connectivity index (χ2v) is 5.47. The van der Waals surface area contributed by atoms with E-state index in [0.29, 0.717) is 42.6 Å². The third-order valence-corrected chi connectivity index (χ3v) is 3.79. The number of rotatable bonds is 7. The summed E-state index contributed by atoms with van der Waals surface area (Å²) < 4.78 is 10.3. The second kappa shape index (κ2) is 8.65. The number of amides is 1. The second-order valence-electron chi connectivity index (χ2n) is 4.69. The summed E-state index contributed by atoms with van der Waals surface area (Å²) in [5, 5.41) is 12.8. The van der Waals surface area contributed by atoms with E-state index in [0.717, 1.165) is 0 Å². The maximum absolute atomic E-state index is 11.4. The molecule has 1 aromatic heterocycles. The van der Waals surface area contributed by atoms with E-state index in [1.807, 2.05) is 6.26 Å². The number of hydrogen-bond acceptors (Lipinski definition) is 8. The number of anilines is 1. The van der Waals surface area contributed by atoms with Crippen molar-refractivity contribution in [1.29, 1.82) is 0 Å². The Kier molecular flexibility index (Phi) is 6.56. The molecule has 10 heteroatoms. The van der Waals surface area contributed by atoms with Gasteiger partial charge in [0.15, 0.2) is 11.4 Å². The lowest BCUT2D eigenvalue weighted by molar-refractivity contribution is -0.130. The largest absolute Gasteiger partial charge is 0.465 e. The van der Waals surface area contributed by atoms with Crippen molar-refractivity contribution in [3.8, 4) is 0 Å². The first-order valence-electron chi connectivity index (χ1n) is 6.90. The summed E-state index contributed by atoms with van der Waals surface area (Å²) in [6, 6.07) is -0.347. The van der Waals surface area contributed by atoms with Crippen LogP contribution in [0.1, 0.15) is 10.4 Å². The molecular weight excluding hydrogens is 324 g/mol. The summed E-state index contributed by atoms with van der Waals surface area (Å²) in [6.45, 7) is 1.30. The van der Waals surface area contributed by atoms with E-state index in [4.69, 9.17) is 9.47 Å². The lowest BCUT2D eigenvalue weighted by Crippen LogP contribution is -2.49. The molecule has 0 unspecified atom stereocenters. The number of aromatic nitrogens is 2. The van der Waals surface area contributed by atoms with Crippen molar-refractivity contribution < 1.29 is 24.2 Å². The van der Waals surface area contributed by atoms with Crippen LogP contribution in [0.5, 0.6) is 0 Å². The van der Waals surface area contributed by atoms with Gasteiger partial charge in [0, 0.05) is 19.3 Å². The van der Waals surface area contributed by atoms with Crippen molar-refractivity contribution in [2.24, 2.45) is 0 Å². The van der Waals surface area contributed by atoms with Gasteiger partial charge in [-0.2, -0.15) is 0 Å². The van der Waals surface area contributed by atoms with Gasteiger partial charge in [0.1, 0.15) is 12.6 Å². The highest BCUT2D eigenvalue weighted by Gasteiger charge is 2.25. The van der Waals surface area contributed by atoms with Gasteiger partial charge in [0.05, 0.1) is 24.8 Å². The highest BCUT2D eigenvalue weighted by molar-refractivity contribution is 7.98. The fourth-order valence-electron chi connectivity index (χ4n) is 2.09. The number of ether oxygens (including phenoxy) is 2. The first kappa shape index (κ1) is 17.4. The van der Waals surface area contributed by atoms with Gasteiger partial charge >= 0.3 is 6.09 Å². The molecule has 9 nitrogen and oxygen atoms in total. The normalized spacial score (nSPS) is 15.2. The van der Waals surface area contributed by atoms with Crippen LogP contribution in [0.3, 0.4) is 0 Å². The smallest absolute Gasteiger partial charge is 0.407 e. The molecule has 23 heavy (non-hydrogen) atoms. The van der Waals surface area contributed by atoms with E-state index in [9.17, 15) is 14.7 Å². The van der Waals surface area contributed by atoms with E-state index in [-0.39, 0.29) is 19.4 Å². The minimum atomic E-state index is -1.05. The number of carbonyl (C=O) groups is 2. The molecule has 0 atom stereocenters. The lowest BCUT2D eigenvalue weighted by atomic mass is 10.2. The van der Waals surface area contributed by atoms with Crippen molar-refractivity contribution in [1.82, 2.24) is 14.9 Å². The number of aldehydes is 1. The molecule has 1 aliphatic heterocycles. The van der Waals surface area contributed by atoms with Crippen molar-refractivity contribution >= 4 is 30.0 Å². The molecule has 2 N–H and O–H groups in total. The van der Waals surface area contributed by atoms with Crippen LogP contribution in [0.15, 0.2) is 11.4 Å². The Balaban J connectivity index is 1.96. The molecule has 2 rings (SSSR count). The lowest BCUT2D eigenvalue weighted by Gasteiger charge is -2.31. The molecule has 0 aromatic carbocycles. The fourth-order valence-corrected chi connectivity index (χ4v) is 2.43. The third-order valence-electron chi connectivity index (χ3n) is 3.22. The summed E-state index contributed by atoms with van der Waals surface area (Å²) in [4.78, 5) is 31.9. The van der Waals surface area contributed by atoms with Crippen molar-refractivity contribution in [2.75, 3.05) is 44.7 Å². The maximum Gasteiger partial charge on any atom is 0.407 e. The topological polar surface area (TPSA) is 114 Å². The summed E-state index contributed by atoms with van der Waals surface area (Å²) in [7, 11) is 0. The summed E-state index contributed by atoms with van der Waals surface area (Å²) >= 11 is 1.35. The number of nitrogens with one attached hydrogen (secondary N) is 1. The van der Waals surface area contributed by atoms with Crippen LogP contribution in [-0.2, 0) is 9.47 Å². The molecule has 0 spiro atoms. The SMILES string of the molecule is CSc1ncc(C=O)c(NCCN(C(=O)O)C2COCOC2)n1. The molecule has 0 aliphatic carbocycles. The van der Waals surface area contributed by atoms with Gasteiger partial charge in [-0.15, -0.1) is 0 Å². The van der Waals surface area contributed by atoms with Gasteiger partial charge in [-0.1, -0.05) is 11.8 Å². The predicted octanol–water partition coefficient (Wildman–Crippen LogP) is 0.776. The Labute approximate surface area is 137 Å². The van der Waals surface area contributed by atoms with E-state index in [1.54, 1.807) is 0 Å². The highest BCUT2D eigenvalue weighted by Crippen LogP contribution is 2.15. The van der Waals surface area contributed by atoms with Gasteiger partial charge in [-0.3, -0.25) is 9.69 Å². The summed E-state index contributed by atoms with van der Waals surface area (Å²) in [5.74, 6) is 0.390. The van der Waals surface area contributed by atoms with Crippen molar-refractivity contribution in [3.05, 3.63) is 11.8 Å². The fraction of sp³-hybridized carbons (Fsp3) is 0.538. The average Bonchev–Trinajstić information content (AvgIpc) is 2.59. The predicted molar refractivity (Wildman–Crippen MR) is 83.0 cm³/mol. The molecule has 2 heterocycles. The van der Waals surface area contributed by atoms with Crippen LogP contribution < -0.4 is 5.32 Å². The number of nitrogens with zero attached hydrogens (tertiary/aromatic N) is 3. The molecule has 1 saturated heterocycles. The van der Waals surface area contributed by atoms with Gasteiger partial charge in [-0.25, -0.2) is 14.8 Å². The highest BCUT2D eigenvalue weighted by atomic mass is 32.2. The van der Waals surface area contributed by atoms with Gasteiger partial charge < -0.3 is 19.9 Å².